The molecule has 0 bridgehead atoms. The first kappa shape index (κ1) is 13.7. The molecule has 0 saturated heterocycles. The molecule has 0 aliphatic heterocycles. The lowest BCUT2D eigenvalue weighted by atomic mass is 10.2. The van der Waals surface area contributed by atoms with Crippen LogP contribution >= 0.6 is 0 Å². The Labute approximate surface area is 112 Å². The molecule has 0 fully saturated rings. The van der Waals surface area contributed by atoms with Crippen molar-refractivity contribution in [2.45, 2.75) is 13.1 Å². The quantitative estimate of drug-likeness (QED) is 0.824. The number of hydrogen-bond donors (Lipinski definition) is 2. The lowest BCUT2D eigenvalue weighted by molar-refractivity contribution is -0.121. The van der Waals surface area contributed by atoms with Crippen LogP contribution in [0.25, 0.3) is 0 Å². The van der Waals surface area contributed by atoms with Crippen LogP contribution in [-0.2, 0) is 17.9 Å². The Balaban J connectivity index is 1.94. The van der Waals surface area contributed by atoms with Gasteiger partial charge in [0.25, 0.3) is 5.56 Å². The molecule has 104 valence electrons. The maximum Gasteiger partial charge on any atom is 0.328 e. The predicted molar refractivity (Wildman–Crippen MR) is 69.6 cm³/mol. The van der Waals surface area contributed by atoms with Crippen molar-refractivity contribution in [2.75, 3.05) is 0 Å². The zero-order chi connectivity index (χ0) is 14.5. The summed E-state index contributed by atoms with van der Waals surface area (Å²) < 4.78 is 13.8. The second-order valence-corrected chi connectivity index (χ2v) is 4.14. The van der Waals surface area contributed by atoms with Gasteiger partial charge in [-0.1, -0.05) is 12.1 Å². The molecule has 0 unspecified atom stereocenters. The van der Waals surface area contributed by atoms with Gasteiger partial charge in [0.1, 0.15) is 12.4 Å². The van der Waals surface area contributed by atoms with Crippen LogP contribution in [-0.4, -0.2) is 15.5 Å². The number of hydrogen-bond acceptors (Lipinski definition) is 3. The molecule has 0 atom stereocenters. The number of H-pyrrole nitrogens is 1. The smallest absolute Gasteiger partial charge is 0.328 e. The van der Waals surface area contributed by atoms with Crippen LogP contribution in [0.15, 0.2) is 46.1 Å². The molecule has 1 amide bonds. The van der Waals surface area contributed by atoms with Gasteiger partial charge in [-0.05, 0) is 17.7 Å². The Morgan fingerprint density at radius 2 is 1.90 bits per heavy atom. The number of benzene rings is 1. The number of aromatic amines is 1. The molecule has 2 N–H and O–H groups in total. The summed E-state index contributed by atoms with van der Waals surface area (Å²) in [4.78, 5) is 35.9. The van der Waals surface area contributed by atoms with Crippen LogP contribution in [0.3, 0.4) is 0 Å². The Bertz CT molecular complexity index is 719. The van der Waals surface area contributed by atoms with E-state index in [0.29, 0.717) is 0 Å². The van der Waals surface area contributed by atoms with Gasteiger partial charge in [-0.3, -0.25) is 19.1 Å². The molecule has 0 radical (unpaired) electrons. The summed E-state index contributed by atoms with van der Waals surface area (Å²) in [7, 11) is 0. The van der Waals surface area contributed by atoms with Crippen molar-refractivity contribution < 1.29 is 9.18 Å². The molecule has 1 aromatic carbocycles. The standard InChI is InChI=1S/C13H12FN3O3/c14-10-3-1-9(2-4-10)7-15-12(19)8-17-6-5-11(18)16-13(17)20/h1-6H,7-8H2,(H,15,19)(H,16,18,20). The molecule has 0 aliphatic rings. The van der Waals surface area contributed by atoms with Gasteiger partial charge >= 0.3 is 5.69 Å². The van der Waals surface area contributed by atoms with E-state index in [9.17, 15) is 18.8 Å². The fourth-order valence-corrected chi connectivity index (χ4v) is 1.58. The maximum atomic E-state index is 12.7. The first-order valence-corrected chi connectivity index (χ1v) is 5.85. The molecule has 2 aromatic rings. The van der Waals surface area contributed by atoms with Crippen LogP contribution in [0.5, 0.6) is 0 Å². The minimum atomic E-state index is -0.644. The highest BCUT2D eigenvalue weighted by molar-refractivity contribution is 5.75. The van der Waals surface area contributed by atoms with Crippen LogP contribution in [0, 0.1) is 5.82 Å². The number of carbonyl (C=O) groups excluding carboxylic acids is 1. The van der Waals surface area contributed by atoms with E-state index < -0.39 is 11.2 Å². The van der Waals surface area contributed by atoms with Gasteiger partial charge in [0, 0.05) is 18.8 Å². The van der Waals surface area contributed by atoms with Crippen molar-refractivity contribution in [1.82, 2.24) is 14.9 Å². The highest BCUT2D eigenvalue weighted by Gasteiger charge is 2.04. The summed E-state index contributed by atoms with van der Waals surface area (Å²) in [6.45, 7) is 0.0357. The molecule has 2 rings (SSSR count). The second kappa shape index (κ2) is 5.96. The zero-order valence-electron chi connectivity index (χ0n) is 10.4. The fourth-order valence-electron chi connectivity index (χ4n) is 1.58. The molecule has 0 saturated carbocycles. The average molecular weight is 277 g/mol. The van der Waals surface area contributed by atoms with E-state index in [1.165, 1.54) is 18.3 Å². The number of nitrogens with one attached hydrogen (secondary N) is 2. The molecular weight excluding hydrogens is 265 g/mol. The number of aromatic nitrogens is 2. The summed E-state index contributed by atoms with van der Waals surface area (Å²) >= 11 is 0. The van der Waals surface area contributed by atoms with E-state index >= 15 is 0 Å². The number of nitrogens with zero attached hydrogens (tertiary/aromatic N) is 1. The third-order valence-corrected chi connectivity index (χ3v) is 2.61. The van der Waals surface area contributed by atoms with Gasteiger partial charge in [0.2, 0.25) is 5.91 Å². The fraction of sp³-hybridized carbons (Fsp3) is 0.154. The Morgan fingerprint density at radius 1 is 1.20 bits per heavy atom. The Morgan fingerprint density at radius 3 is 2.55 bits per heavy atom. The van der Waals surface area contributed by atoms with Crippen LogP contribution in [0.1, 0.15) is 5.56 Å². The predicted octanol–water partition coefficient (Wildman–Crippen LogP) is -0.00790. The Kier molecular flexibility index (Phi) is 4.09. The SMILES string of the molecule is O=C(Cn1ccc(=O)[nH]c1=O)NCc1ccc(F)cc1. The number of rotatable bonds is 4. The molecule has 7 heteroatoms. The van der Waals surface area contributed by atoms with Gasteiger partial charge in [-0.2, -0.15) is 0 Å². The molecule has 0 aliphatic carbocycles. The molecule has 6 nitrogen and oxygen atoms in total. The third-order valence-electron chi connectivity index (χ3n) is 2.61. The van der Waals surface area contributed by atoms with Crippen molar-refractivity contribution in [1.29, 1.82) is 0 Å². The lowest BCUT2D eigenvalue weighted by Crippen LogP contribution is -2.35. The molecule has 0 spiro atoms. The first-order chi connectivity index (χ1) is 9.54. The third kappa shape index (κ3) is 3.64. The number of carbonyl (C=O) groups is 1. The molecule has 1 aromatic heterocycles. The maximum absolute atomic E-state index is 12.7. The van der Waals surface area contributed by atoms with Crippen LogP contribution < -0.4 is 16.6 Å². The van der Waals surface area contributed by atoms with E-state index in [4.69, 9.17) is 0 Å². The van der Waals surface area contributed by atoms with E-state index in [-0.39, 0.29) is 24.8 Å². The van der Waals surface area contributed by atoms with Crippen LogP contribution in [0.2, 0.25) is 0 Å². The first-order valence-electron chi connectivity index (χ1n) is 5.85. The zero-order valence-corrected chi connectivity index (χ0v) is 10.4. The summed E-state index contributed by atoms with van der Waals surface area (Å²) in [6.07, 6.45) is 1.25. The second-order valence-electron chi connectivity index (χ2n) is 4.14. The molecule has 1 heterocycles. The lowest BCUT2D eigenvalue weighted by Gasteiger charge is -2.06. The van der Waals surface area contributed by atoms with E-state index in [2.05, 4.69) is 10.3 Å². The normalized spacial score (nSPS) is 10.2. The van der Waals surface area contributed by atoms with Crippen LogP contribution in [0.4, 0.5) is 4.39 Å². The molecular formula is C13H12FN3O3. The molecule has 20 heavy (non-hydrogen) atoms. The van der Waals surface area contributed by atoms with Crippen molar-refractivity contribution in [3.05, 3.63) is 68.7 Å². The highest BCUT2D eigenvalue weighted by atomic mass is 19.1. The largest absolute Gasteiger partial charge is 0.350 e. The van der Waals surface area contributed by atoms with E-state index in [1.54, 1.807) is 12.1 Å². The van der Waals surface area contributed by atoms with Gasteiger partial charge in [-0.25, -0.2) is 9.18 Å². The van der Waals surface area contributed by atoms with Gasteiger partial charge in [0.05, 0.1) is 0 Å². The van der Waals surface area contributed by atoms with Gasteiger partial charge < -0.3 is 5.32 Å². The Hall–Kier alpha value is -2.70. The number of halogens is 1. The monoisotopic (exact) mass is 277 g/mol. The van der Waals surface area contributed by atoms with Gasteiger partial charge in [-0.15, -0.1) is 0 Å². The summed E-state index contributed by atoms with van der Waals surface area (Å²) in [6, 6.07) is 6.88. The van der Waals surface area contributed by atoms with Crippen molar-refractivity contribution >= 4 is 5.91 Å². The van der Waals surface area contributed by atoms with E-state index in [0.717, 1.165) is 16.2 Å². The summed E-state index contributed by atoms with van der Waals surface area (Å²) in [5.74, 6) is -0.733. The van der Waals surface area contributed by atoms with Crippen molar-refractivity contribution in [3.63, 3.8) is 0 Å². The van der Waals surface area contributed by atoms with E-state index in [1.807, 2.05) is 0 Å². The number of amides is 1. The summed E-state index contributed by atoms with van der Waals surface area (Å²) in [5, 5.41) is 2.60. The minimum Gasteiger partial charge on any atom is -0.350 e. The summed E-state index contributed by atoms with van der Waals surface area (Å²) in [5.41, 5.74) is -0.416. The topological polar surface area (TPSA) is 84.0 Å². The highest BCUT2D eigenvalue weighted by Crippen LogP contribution is 2.01. The van der Waals surface area contributed by atoms with Gasteiger partial charge in [0.15, 0.2) is 0 Å². The van der Waals surface area contributed by atoms with Crippen molar-refractivity contribution in [2.24, 2.45) is 0 Å². The van der Waals surface area contributed by atoms with Crippen molar-refractivity contribution in [3.8, 4) is 0 Å². The minimum absolute atomic E-state index is 0.198. The average Bonchev–Trinajstić information content (AvgIpc) is 2.41.